The van der Waals surface area contributed by atoms with Crippen molar-refractivity contribution in [2.45, 2.75) is 50.5 Å². The predicted octanol–water partition coefficient (Wildman–Crippen LogP) is 2.38. The molecule has 2 nitrogen and oxygen atoms in total. The van der Waals surface area contributed by atoms with E-state index in [-0.39, 0.29) is 42.2 Å². The Morgan fingerprint density at radius 1 is 1.13 bits per heavy atom. The summed E-state index contributed by atoms with van der Waals surface area (Å²) in [5, 5.41) is 14.5. The fourth-order valence-corrected chi connectivity index (χ4v) is 2.88. The molecule has 0 saturated heterocycles. The van der Waals surface area contributed by atoms with E-state index in [9.17, 15) is 9.90 Å². The first-order valence-electron chi connectivity index (χ1n) is 5.33. The van der Waals surface area contributed by atoms with Gasteiger partial charge in [0.15, 0.2) is 5.78 Å². The van der Waals surface area contributed by atoms with Crippen molar-refractivity contribution in [2.24, 2.45) is 0 Å². The van der Waals surface area contributed by atoms with Crippen LogP contribution >= 0.6 is 0 Å². The van der Waals surface area contributed by atoms with Gasteiger partial charge in [0.05, 0.1) is 0 Å². The topological polar surface area (TPSA) is 40.1 Å². The first kappa shape index (κ1) is 20.6. The van der Waals surface area contributed by atoms with Gasteiger partial charge in [0.25, 0.3) is 14.1 Å². The van der Waals surface area contributed by atoms with Gasteiger partial charge in [-0.15, -0.1) is 5.76 Å². The van der Waals surface area contributed by atoms with Crippen LogP contribution in [0.4, 0.5) is 0 Å². The molecule has 0 heterocycles. The van der Waals surface area contributed by atoms with Crippen molar-refractivity contribution in [2.75, 3.05) is 0 Å². The van der Waals surface area contributed by atoms with Gasteiger partial charge in [-0.3, -0.25) is 4.79 Å². The summed E-state index contributed by atoms with van der Waals surface area (Å²) in [6.07, 6.45) is 1.06. The zero-order valence-electron chi connectivity index (χ0n) is 10.4. The summed E-state index contributed by atoms with van der Waals surface area (Å²) in [6, 6.07) is 0. The molecule has 0 radical (unpaired) electrons. The molecule has 0 aromatic rings. The molecule has 0 aromatic carbocycles. The standard InChI is InChI=1S/C5H8O2.3C2H5.Al.Ni/c1-4(6)3-5(2)7;3*1-2;;/h3,6H,1-2H3;3*1H2,2H3;;/q;;;;;+2/p-1/b4-3-;;;;;. The largest absolute Gasteiger partial charge is 2.00 e. The Morgan fingerprint density at radius 2 is 1.47 bits per heavy atom. The van der Waals surface area contributed by atoms with Crippen molar-refractivity contribution in [1.29, 1.82) is 0 Å². The minimum absolute atomic E-state index is 0. The van der Waals surface area contributed by atoms with Crippen molar-refractivity contribution in [1.82, 2.24) is 0 Å². The molecule has 0 rings (SSSR count). The smallest absolute Gasteiger partial charge is 0.876 e. The third-order valence-electron chi connectivity index (χ3n) is 2.14. The molecular weight excluding hydrogens is 250 g/mol. The van der Waals surface area contributed by atoms with E-state index in [4.69, 9.17) is 0 Å². The molecule has 0 spiro atoms. The van der Waals surface area contributed by atoms with Crippen molar-refractivity contribution in [3.05, 3.63) is 11.8 Å². The average Bonchev–Trinajstić information content (AvgIpc) is 2.06. The van der Waals surface area contributed by atoms with Crippen molar-refractivity contribution in [3.63, 3.8) is 0 Å². The van der Waals surface area contributed by atoms with E-state index >= 15 is 0 Å². The fraction of sp³-hybridized carbons (Fsp3) is 0.727. The molecule has 90 valence electrons. The maximum absolute atomic E-state index is 9.98. The van der Waals surface area contributed by atoms with Gasteiger partial charge >= 0.3 is 16.5 Å². The zero-order chi connectivity index (χ0) is 11.6. The van der Waals surface area contributed by atoms with Crippen LogP contribution in [0.3, 0.4) is 0 Å². The van der Waals surface area contributed by atoms with Crippen molar-refractivity contribution < 1.29 is 26.4 Å². The van der Waals surface area contributed by atoms with Gasteiger partial charge in [-0.05, 0) is 13.0 Å². The van der Waals surface area contributed by atoms with E-state index in [1.54, 1.807) is 0 Å². The van der Waals surface area contributed by atoms with Gasteiger partial charge in [0.2, 0.25) is 0 Å². The maximum Gasteiger partial charge on any atom is 2.00 e. The van der Waals surface area contributed by atoms with Gasteiger partial charge in [-0.1, -0.05) is 43.5 Å². The molecule has 0 amide bonds. The second kappa shape index (κ2) is 14.2. The van der Waals surface area contributed by atoms with Crippen molar-refractivity contribution >= 4 is 19.9 Å². The molecule has 0 unspecified atom stereocenters. The second-order valence-electron chi connectivity index (χ2n) is 3.46. The van der Waals surface area contributed by atoms with Crippen molar-refractivity contribution in [3.8, 4) is 0 Å². The average molecular weight is 272 g/mol. The molecule has 0 aromatic heterocycles. The molecule has 0 fully saturated rings. The zero-order valence-corrected chi connectivity index (χ0v) is 12.6. The Labute approximate surface area is 108 Å². The molecule has 4 heteroatoms. The minimum atomic E-state index is -0.187. The molecule has 0 atom stereocenters. The van der Waals surface area contributed by atoms with Gasteiger partial charge in [0, 0.05) is 0 Å². The van der Waals surface area contributed by atoms with Crippen LogP contribution in [0.2, 0.25) is 15.8 Å². The van der Waals surface area contributed by atoms with Crippen LogP contribution in [-0.2, 0) is 21.3 Å². The summed E-state index contributed by atoms with van der Waals surface area (Å²) < 4.78 is 0. The Hall–Kier alpha value is 0.236. The number of hydrogen-bond acceptors (Lipinski definition) is 2. The van der Waals surface area contributed by atoms with Gasteiger partial charge in [-0.25, -0.2) is 0 Å². The van der Waals surface area contributed by atoms with Gasteiger partial charge in [-0.2, -0.15) is 0 Å². The summed E-state index contributed by atoms with van der Waals surface area (Å²) >= 11 is -0.171. The molecule has 15 heavy (non-hydrogen) atoms. The number of rotatable bonds is 4. The van der Waals surface area contributed by atoms with Crippen LogP contribution in [0, 0.1) is 0 Å². The summed E-state index contributed by atoms with van der Waals surface area (Å²) in [5.41, 5.74) is 0. The van der Waals surface area contributed by atoms with Crippen LogP contribution in [0.15, 0.2) is 11.8 Å². The van der Waals surface area contributed by atoms with Crippen LogP contribution in [-0.4, -0.2) is 19.9 Å². The normalized spacial score (nSPS) is 9.53. The summed E-state index contributed by atoms with van der Waals surface area (Å²) in [5.74, 6) is -0.375. The summed E-state index contributed by atoms with van der Waals surface area (Å²) in [4.78, 5) is 9.98. The predicted molar refractivity (Wildman–Crippen MR) is 61.6 cm³/mol. The van der Waals surface area contributed by atoms with E-state index in [2.05, 4.69) is 20.8 Å². The Balaban J connectivity index is -0.000000180. The van der Waals surface area contributed by atoms with Crippen LogP contribution in [0.5, 0.6) is 0 Å². The van der Waals surface area contributed by atoms with Crippen LogP contribution in [0.1, 0.15) is 34.6 Å². The molecule has 0 N–H and O–H groups in total. The fourth-order valence-electron chi connectivity index (χ4n) is 1.15. The number of ketones is 1. The first-order chi connectivity index (χ1) is 6.47. The maximum atomic E-state index is 9.98. The molecule has 0 aliphatic rings. The summed E-state index contributed by atoms with van der Waals surface area (Å²) in [6.45, 7) is 9.67. The third-order valence-corrected chi connectivity index (χ3v) is 5.60. The number of allylic oxidation sites excluding steroid dienone is 2. The summed E-state index contributed by atoms with van der Waals surface area (Å²) in [7, 11) is 0. The first-order valence-corrected chi connectivity index (χ1v) is 7.78. The Kier molecular flexibility index (Phi) is 19.6. The van der Waals surface area contributed by atoms with E-state index in [0.29, 0.717) is 0 Å². The monoisotopic (exact) mass is 271 g/mol. The van der Waals surface area contributed by atoms with E-state index in [0.717, 1.165) is 6.08 Å². The van der Waals surface area contributed by atoms with E-state index in [1.165, 1.54) is 29.7 Å². The Bertz CT molecular complexity index is 168. The molecule has 0 aliphatic heterocycles. The third kappa shape index (κ3) is 20.3. The van der Waals surface area contributed by atoms with Gasteiger partial charge < -0.3 is 5.11 Å². The van der Waals surface area contributed by atoms with Crippen LogP contribution < -0.4 is 5.11 Å². The quantitative estimate of drug-likeness (QED) is 0.448. The molecule has 0 bridgehead atoms. The second-order valence-corrected chi connectivity index (χ2v) is 7.64. The molecule has 0 aliphatic carbocycles. The van der Waals surface area contributed by atoms with Crippen LogP contribution in [0.25, 0.3) is 0 Å². The number of hydrogen-bond donors (Lipinski definition) is 0. The van der Waals surface area contributed by atoms with E-state index < -0.39 is 0 Å². The van der Waals surface area contributed by atoms with Gasteiger partial charge in [0.1, 0.15) is 0 Å². The number of carbonyl (C=O) groups is 1. The molecular formula is C11H22AlNiO2+. The molecule has 0 saturated carbocycles. The minimum Gasteiger partial charge on any atom is -0.876 e. The Morgan fingerprint density at radius 3 is 1.47 bits per heavy atom. The van der Waals surface area contributed by atoms with E-state index in [1.807, 2.05) is 0 Å². The SMILES string of the molecule is CC(=O)/C=C(/C)[O-].C[CH2][Al]([CH2]C)[CH2]C.[Ni+2]. The number of carbonyl (C=O) groups excluding carboxylic acids is 1.